The van der Waals surface area contributed by atoms with Crippen molar-refractivity contribution in [1.82, 2.24) is 0 Å². The number of hydrogen-bond acceptors (Lipinski definition) is 2. The third-order valence-corrected chi connectivity index (χ3v) is 5.66. The average molecular weight is 173 g/mol. The van der Waals surface area contributed by atoms with Crippen LogP contribution < -0.4 is 5.73 Å². The van der Waals surface area contributed by atoms with E-state index in [2.05, 4.69) is 13.1 Å². The van der Waals surface area contributed by atoms with Crippen molar-refractivity contribution in [3.63, 3.8) is 0 Å². The van der Waals surface area contributed by atoms with Crippen LogP contribution in [0.15, 0.2) is 0 Å². The average Bonchev–Trinajstić information content (AvgIpc) is 2.08. The second kappa shape index (κ2) is 2.32. The molecule has 3 nitrogen and oxygen atoms in total. The van der Waals surface area contributed by atoms with Crippen LogP contribution in [0.2, 0.25) is 25.2 Å². The summed E-state index contributed by atoms with van der Waals surface area (Å²) in [5.74, 6) is -0.824. The first-order valence-electron chi connectivity index (χ1n) is 3.88. The maximum absolute atomic E-state index is 10.7. The van der Waals surface area contributed by atoms with Gasteiger partial charge in [0.05, 0.1) is 0 Å². The highest BCUT2D eigenvalue weighted by molar-refractivity contribution is 6.78. The lowest BCUT2D eigenvalue weighted by Crippen LogP contribution is -2.46. The lowest BCUT2D eigenvalue weighted by molar-refractivity contribution is -0.142. The normalized spacial score (nSPS) is 35.5. The highest BCUT2D eigenvalue weighted by Crippen LogP contribution is 2.36. The standard InChI is InChI=1S/C7H15NO2Si/c1-11(2)4-3-7(8,5-11)6(9)10/h3-5,8H2,1-2H3,(H,9,10)/t7-/m1/s1. The van der Waals surface area contributed by atoms with Crippen molar-refractivity contribution in [2.24, 2.45) is 5.73 Å². The van der Waals surface area contributed by atoms with Crippen LogP contribution in [0.3, 0.4) is 0 Å². The van der Waals surface area contributed by atoms with Crippen molar-refractivity contribution in [2.75, 3.05) is 0 Å². The fraction of sp³-hybridized carbons (Fsp3) is 0.857. The molecule has 3 N–H and O–H groups in total. The Labute approximate surface area is 67.6 Å². The summed E-state index contributed by atoms with van der Waals surface area (Å²) in [6.45, 7) is 4.40. The predicted octanol–water partition coefficient (Wildman–Crippen LogP) is 0.881. The summed E-state index contributed by atoms with van der Waals surface area (Å²) >= 11 is 0. The quantitative estimate of drug-likeness (QED) is 0.579. The molecule has 0 aliphatic carbocycles. The van der Waals surface area contributed by atoms with Gasteiger partial charge in [0.2, 0.25) is 0 Å². The number of nitrogens with two attached hydrogens (primary N) is 1. The summed E-state index contributed by atoms with van der Waals surface area (Å²) in [6.07, 6.45) is 0.668. The van der Waals surface area contributed by atoms with E-state index in [4.69, 9.17) is 10.8 Å². The van der Waals surface area contributed by atoms with E-state index in [1.54, 1.807) is 0 Å². The minimum absolute atomic E-state index is 0.668. The Kier molecular flexibility index (Phi) is 1.84. The van der Waals surface area contributed by atoms with E-state index < -0.39 is 19.6 Å². The fourth-order valence-electron chi connectivity index (χ4n) is 1.77. The molecule has 0 spiro atoms. The zero-order chi connectivity index (χ0) is 8.70. The van der Waals surface area contributed by atoms with Crippen LogP contribution in [0.5, 0.6) is 0 Å². The summed E-state index contributed by atoms with van der Waals surface area (Å²) in [4.78, 5) is 10.7. The van der Waals surface area contributed by atoms with E-state index in [-0.39, 0.29) is 0 Å². The Morgan fingerprint density at radius 3 is 2.36 bits per heavy atom. The first kappa shape index (κ1) is 8.74. The number of hydrogen-bond donors (Lipinski definition) is 2. The van der Waals surface area contributed by atoms with Crippen LogP contribution >= 0.6 is 0 Å². The fourth-order valence-corrected chi connectivity index (χ4v) is 5.11. The molecular weight excluding hydrogens is 158 g/mol. The number of aliphatic carboxylic acids is 1. The van der Waals surface area contributed by atoms with Crippen LogP contribution in [-0.4, -0.2) is 24.7 Å². The van der Waals surface area contributed by atoms with E-state index in [0.717, 1.165) is 12.1 Å². The predicted molar refractivity (Wildman–Crippen MR) is 46.3 cm³/mol. The molecule has 0 aromatic heterocycles. The zero-order valence-corrected chi connectivity index (χ0v) is 8.05. The molecule has 1 fully saturated rings. The molecular formula is C7H15NO2Si. The Morgan fingerprint density at radius 2 is 2.18 bits per heavy atom. The number of rotatable bonds is 1. The zero-order valence-electron chi connectivity index (χ0n) is 7.05. The van der Waals surface area contributed by atoms with Crippen LogP contribution in [0.4, 0.5) is 0 Å². The summed E-state index contributed by atoms with van der Waals surface area (Å²) in [5.41, 5.74) is 4.82. The monoisotopic (exact) mass is 173 g/mol. The summed E-state index contributed by atoms with van der Waals surface area (Å²) < 4.78 is 0. The molecule has 0 amide bonds. The Morgan fingerprint density at radius 1 is 1.64 bits per heavy atom. The number of carboxylic acid groups (broad SMARTS) is 1. The molecule has 1 rings (SSSR count). The first-order chi connectivity index (χ1) is 4.86. The van der Waals surface area contributed by atoms with Gasteiger partial charge in [-0.3, -0.25) is 4.79 Å². The minimum Gasteiger partial charge on any atom is -0.480 e. The third-order valence-electron chi connectivity index (χ3n) is 2.47. The smallest absolute Gasteiger partial charge is 0.323 e. The van der Waals surface area contributed by atoms with E-state index in [1.165, 1.54) is 0 Å². The molecule has 0 saturated carbocycles. The molecule has 1 heterocycles. The number of carbonyl (C=O) groups is 1. The van der Waals surface area contributed by atoms with Gasteiger partial charge < -0.3 is 10.8 Å². The summed E-state index contributed by atoms with van der Waals surface area (Å²) in [7, 11) is -1.24. The molecule has 1 aliphatic heterocycles. The molecule has 0 bridgehead atoms. The van der Waals surface area contributed by atoms with Gasteiger partial charge in [-0.1, -0.05) is 19.1 Å². The molecule has 1 aliphatic rings. The van der Waals surface area contributed by atoms with Crippen LogP contribution in [-0.2, 0) is 4.79 Å². The molecule has 11 heavy (non-hydrogen) atoms. The van der Waals surface area contributed by atoms with Gasteiger partial charge in [0.15, 0.2) is 0 Å². The van der Waals surface area contributed by atoms with Gasteiger partial charge in [0, 0.05) is 8.07 Å². The molecule has 0 aromatic rings. The third kappa shape index (κ3) is 1.62. The van der Waals surface area contributed by atoms with Gasteiger partial charge >= 0.3 is 5.97 Å². The summed E-state index contributed by atoms with van der Waals surface area (Å²) in [5, 5.41) is 8.80. The second-order valence-corrected chi connectivity index (χ2v) is 9.48. The van der Waals surface area contributed by atoms with Crippen molar-refractivity contribution < 1.29 is 9.90 Å². The van der Waals surface area contributed by atoms with E-state index >= 15 is 0 Å². The molecule has 1 saturated heterocycles. The molecule has 0 radical (unpaired) electrons. The van der Waals surface area contributed by atoms with Gasteiger partial charge in [-0.2, -0.15) is 0 Å². The maximum atomic E-state index is 10.7. The highest BCUT2D eigenvalue weighted by Gasteiger charge is 2.46. The maximum Gasteiger partial charge on any atom is 0.323 e. The van der Waals surface area contributed by atoms with Crippen LogP contribution in [0.1, 0.15) is 6.42 Å². The van der Waals surface area contributed by atoms with Crippen molar-refractivity contribution in [3.8, 4) is 0 Å². The van der Waals surface area contributed by atoms with Gasteiger partial charge in [0.25, 0.3) is 0 Å². The highest BCUT2D eigenvalue weighted by atomic mass is 28.3. The van der Waals surface area contributed by atoms with Crippen LogP contribution in [0, 0.1) is 0 Å². The van der Waals surface area contributed by atoms with Crippen molar-refractivity contribution in [2.45, 2.75) is 37.1 Å². The molecule has 0 unspecified atom stereocenters. The Hall–Kier alpha value is -0.353. The minimum atomic E-state index is -1.24. The topological polar surface area (TPSA) is 63.3 Å². The van der Waals surface area contributed by atoms with Crippen LogP contribution in [0.25, 0.3) is 0 Å². The SMILES string of the molecule is C[Si]1(C)CC[C@](N)(C(=O)O)C1. The Balaban J connectivity index is 2.73. The molecule has 4 heteroatoms. The first-order valence-corrected chi connectivity index (χ1v) is 7.29. The van der Waals surface area contributed by atoms with E-state index in [0.29, 0.717) is 6.42 Å². The van der Waals surface area contributed by atoms with Gasteiger partial charge in [-0.25, -0.2) is 0 Å². The molecule has 0 aromatic carbocycles. The second-order valence-electron chi connectivity index (χ2n) is 4.30. The molecule has 1 atom stereocenters. The van der Waals surface area contributed by atoms with Gasteiger partial charge in [0.1, 0.15) is 5.54 Å². The van der Waals surface area contributed by atoms with Gasteiger partial charge in [-0.05, 0) is 12.5 Å². The number of carboxylic acids is 1. The van der Waals surface area contributed by atoms with Crippen molar-refractivity contribution in [3.05, 3.63) is 0 Å². The van der Waals surface area contributed by atoms with Crippen molar-refractivity contribution >= 4 is 14.0 Å². The van der Waals surface area contributed by atoms with Crippen molar-refractivity contribution in [1.29, 1.82) is 0 Å². The lowest BCUT2D eigenvalue weighted by atomic mass is 10.0. The Bertz CT molecular complexity index is 193. The summed E-state index contributed by atoms with van der Waals surface area (Å²) in [6, 6.07) is 1.78. The lowest BCUT2D eigenvalue weighted by Gasteiger charge is -2.20. The molecule has 64 valence electrons. The van der Waals surface area contributed by atoms with Gasteiger partial charge in [-0.15, -0.1) is 0 Å². The van der Waals surface area contributed by atoms with E-state index in [1.807, 2.05) is 0 Å². The van der Waals surface area contributed by atoms with E-state index in [9.17, 15) is 4.79 Å². The largest absolute Gasteiger partial charge is 0.480 e.